The molecule has 3 heteroatoms. The lowest BCUT2D eigenvalue weighted by Crippen LogP contribution is -1.91. The Morgan fingerprint density at radius 3 is 2.53 bits per heavy atom. The lowest BCUT2D eigenvalue weighted by molar-refractivity contribution is 0.478. The van der Waals surface area contributed by atoms with Crippen molar-refractivity contribution in [1.29, 1.82) is 0 Å². The van der Waals surface area contributed by atoms with Crippen LogP contribution in [0.1, 0.15) is 11.1 Å². The maximum atomic E-state index is 6.04. The first-order valence-electron chi connectivity index (χ1n) is 5.28. The highest BCUT2D eigenvalue weighted by atomic mass is 35.5. The molecule has 2 aromatic rings. The highest BCUT2D eigenvalue weighted by Gasteiger charge is 2.06. The number of benzene rings is 2. The van der Waals surface area contributed by atoms with Gasteiger partial charge in [-0.05, 0) is 25.1 Å². The van der Waals surface area contributed by atoms with E-state index < -0.39 is 0 Å². The molecular formula is C14H12Cl2O. The molecule has 0 aromatic heterocycles. The number of aryl methyl sites for hydroxylation is 1. The van der Waals surface area contributed by atoms with Gasteiger partial charge in [-0.25, -0.2) is 0 Å². The number of halogens is 2. The van der Waals surface area contributed by atoms with Crippen molar-refractivity contribution >= 4 is 23.2 Å². The van der Waals surface area contributed by atoms with E-state index in [1.165, 1.54) is 0 Å². The van der Waals surface area contributed by atoms with Gasteiger partial charge in [0.25, 0.3) is 0 Å². The number of rotatable bonds is 3. The van der Waals surface area contributed by atoms with Crippen molar-refractivity contribution in [3.63, 3.8) is 0 Å². The van der Waals surface area contributed by atoms with Gasteiger partial charge in [-0.3, -0.25) is 0 Å². The Morgan fingerprint density at radius 1 is 1.06 bits per heavy atom. The molecule has 0 unspecified atom stereocenters. The summed E-state index contributed by atoms with van der Waals surface area (Å²) in [5.74, 6) is 1.81. The Morgan fingerprint density at radius 2 is 1.82 bits per heavy atom. The maximum Gasteiger partial charge on any atom is 0.146 e. The predicted molar refractivity (Wildman–Crippen MR) is 72.3 cm³/mol. The van der Waals surface area contributed by atoms with Crippen molar-refractivity contribution in [2.24, 2.45) is 0 Å². The van der Waals surface area contributed by atoms with Crippen LogP contribution in [0.5, 0.6) is 11.5 Å². The quantitative estimate of drug-likeness (QED) is 0.696. The average molecular weight is 267 g/mol. The van der Waals surface area contributed by atoms with Gasteiger partial charge in [-0.15, -0.1) is 11.6 Å². The second-order valence-corrected chi connectivity index (χ2v) is 4.45. The topological polar surface area (TPSA) is 9.23 Å². The number of ether oxygens (including phenoxy) is 1. The number of para-hydroxylation sites is 1. The van der Waals surface area contributed by atoms with Crippen LogP contribution >= 0.6 is 23.2 Å². The SMILES string of the molecule is Cc1ccc(Oc2ccccc2Cl)c(CCl)c1. The van der Waals surface area contributed by atoms with Crippen LogP contribution in [0, 0.1) is 6.92 Å². The molecule has 0 radical (unpaired) electrons. The predicted octanol–water partition coefficient (Wildman–Crippen LogP) is 5.18. The third-order valence-electron chi connectivity index (χ3n) is 2.42. The zero-order chi connectivity index (χ0) is 12.3. The Labute approximate surface area is 111 Å². The van der Waals surface area contributed by atoms with Gasteiger partial charge in [-0.2, -0.15) is 0 Å². The Kier molecular flexibility index (Phi) is 3.93. The van der Waals surface area contributed by atoms with Gasteiger partial charge in [0.2, 0.25) is 0 Å². The van der Waals surface area contributed by atoms with E-state index in [-0.39, 0.29) is 0 Å². The molecule has 0 fully saturated rings. The lowest BCUT2D eigenvalue weighted by atomic mass is 10.1. The van der Waals surface area contributed by atoms with Crippen LogP contribution in [0.2, 0.25) is 5.02 Å². The first kappa shape index (κ1) is 12.3. The molecule has 0 N–H and O–H groups in total. The van der Waals surface area contributed by atoms with E-state index >= 15 is 0 Å². The second kappa shape index (κ2) is 5.44. The Bertz CT molecular complexity index is 523. The molecule has 0 saturated carbocycles. The molecule has 17 heavy (non-hydrogen) atoms. The molecule has 0 amide bonds. The van der Waals surface area contributed by atoms with Crippen LogP contribution in [-0.4, -0.2) is 0 Å². The van der Waals surface area contributed by atoms with Crippen LogP contribution in [0.25, 0.3) is 0 Å². The van der Waals surface area contributed by atoms with Crippen LogP contribution in [0.3, 0.4) is 0 Å². The van der Waals surface area contributed by atoms with E-state index in [1.807, 2.05) is 43.3 Å². The van der Waals surface area contributed by atoms with Crippen molar-refractivity contribution in [2.75, 3.05) is 0 Å². The molecule has 0 aliphatic heterocycles. The second-order valence-electron chi connectivity index (χ2n) is 3.78. The first-order chi connectivity index (χ1) is 8.20. The van der Waals surface area contributed by atoms with Gasteiger partial charge >= 0.3 is 0 Å². The number of hydrogen-bond donors (Lipinski definition) is 0. The van der Waals surface area contributed by atoms with Crippen LogP contribution in [-0.2, 0) is 5.88 Å². The van der Waals surface area contributed by atoms with Gasteiger partial charge in [-0.1, -0.05) is 41.4 Å². The van der Waals surface area contributed by atoms with E-state index in [2.05, 4.69) is 0 Å². The molecule has 0 aliphatic carbocycles. The molecule has 0 spiro atoms. The lowest BCUT2D eigenvalue weighted by Gasteiger charge is -2.11. The fourth-order valence-electron chi connectivity index (χ4n) is 1.56. The molecule has 0 saturated heterocycles. The van der Waals surface area contributed by atoms with Gasteiger partial charge in [0.15, 0.2) is 0 Å². The minimum absolute atomic E-state index is 0.418. The molecule has 2 rings (SSSR count). The summed E-state index contributed by atoms with van der Waals surface area (Å²) in [7, 11) is 0. The summed E-state index contributed by atoms with van der Waals surface area (Å²) in [4.78, 5) is 0. The smallest absolute Gasteiger partial charge is 0.146 e. The summed E-state index contributed by atoms with van der Waals surface area (Å²) in [6.07, 6.45) is 0. The standard InChI is InChI=1S/C14H12Cl2O/c1-10-6-7-13(11(8-10)9-15)17-14-5-3-2-4-12(14)16/h2-8H,9H2,1H3. The molecule has 1 nitrogen and oxygen atoms in total. The molecule has 0 aliphatic rings. The van der Waals surface area contributed by atoms with E-state index in [9.17, 15) is 0 Å². The Hall–Kier alpha value is -1.18. The number of hydrogen-bond acceptors (Lipinski definition) is 1. The molecule has 0 heterocycles. The summed E-state index contributed by atoms with van der Waals surface area (Å²) in [5.41, 5.74) is 2.12. The summed E-state index contributed by atoms with van der Waals surface area (Å²) in [6.45, 7) is 2.02. The van der Waals surface area contributed by atoms with Gasteiger partial charge in [0.05, 0.1) is 10.9 Å². The molecule has 2 aromatic carbocycles. The van der Waals surface area contributed by atoms with Gasteiger partial charge < -0.3 is 4.74 Å². The normalized spacial score (nSPS) is 10.3. The minimum Gasteiger partial charge on any atom is -0.455 e. The highest BCUT2D eigenvalue weighted by molar-refractivity contribution is 6.32. The number of alkyl halides is 1. The van der Waals surface area contributed by atoms with Crippen LogP contribution < -0.4 is 4.74 Å². The first-order valence-corrected chi connectivity index (χ1v) is 6.20. The van der Waals surface area contributed by atoms with Crippen molar-refractivity contribution in [3.8, 4) is 11.5 Å². The third-order valence-corrected chi connectivity index (χ3v) is 3.02. The Balaban J connectivity index is 2.33. The van der Waals surface area contributed by atoms with E-state index in [0.29, 0.717) is 16.7 Å². The molecule has 88 valence electrons. The summed E-state index contributed by atoms with van der Waals surface area (Å²) < 4.78 is 5.77. The maximum absolute atomic E-state index is 6.04. The zero-order valence-electron chi connectivity index (χ0n) is 9.41. The van der Waals surface area contributed by atoms with Crippen molar-refractivity contribution in [1.82, 2.24) is 0 Å². The summed E-state index contributed by atoms with van der Waals surface area (Å²) >= 11 is 11.9. The zero-order valence-corrected chi connectivity index (χ0v) is 10.9. The van der Waals surface area contributed by atoms with Crippen molar-refractivity contribution in [3.05, 3.63) is 58.6 Å². The summed E-state index contributed by atoms with van der Waals surface area (Å²) in [5, 5.41) is 0.591. The molecular weight excluding hydrogens is 255 g/mol. The third kappa shape index (κ3) is 2.93. The molecule has 0 atom stereocenters. The van der Waals surface area contributed by atoms with E-state index in [0.717, 1.165) is 16.9 Å². The largest absolute Gasteiger partial charge is 0.455 e. The van der Waals surface area contributed by atoms with Gasteiger partial charge in [0.1, 0.15) is 11.5 Å². The van der Waals surface area contributed by atoms with E-state index in [4.69, 9.17) is 27.9 Å². The van der Waals surface area contributed by atoms with Crippen molar-refractivity contribution in [2.45, 2.75) is 12.8 Å². The average Bonchev–Trinajstić information content (AvgIpc) is 2.34. The van der Waals surface area contributed by atoms with Crippen molar-refractivity contribution < 1.29 is 4.74 Å². The van der Waals surface area contributed by atoms with Crippen LogP contribution in [0.4, 0.5) is 0 Å². The molecule has 0 bridgehead atoms. The fraction of sp³-hybridized carbons (Fsp3) is 0.143. The van der Waals surface area contributed by atoms with Crippen LogP contribution in [0.15, 0.2) is 42.5 Å². The van der Waals surface area contributed by atoms with Gasteiger partial charge in [0, 0.05) is 5.56 Å². The minimum atomic E-state index is 0.418. The van der Waals surface area contributed by atoms with E-state index in [1.54, 1.807) is 6.07 Å². The summed E-state index contributed by atoms with van der Waals surface area (Å²) in [6, 6.07) is 13.3. The monoisotopic (exact) mass is 266 g/mol. The fourth-order valence-corrected chi connectivity index (χ4v) is 1.94. The highest BCUT2D eigenvalue weighted by Crippen LogP contribution is 2.31.